The van der Waals surface area contributed by atoms with Gasteiger partial charge in [0, 0.05) is 50.6 Å². The largest absolute Gasteiger partial charge is 0.545 e. The molecule has 0 spiro atoms. The van der Waals surface area contributed by atoms with Crippen molar-refractivity contribution in [3.8, 4) is 0 Å². The number of hydrogen-bond acceptors (Lipinski definition) is 11. The van der Waals surface area contributed by atoms with Crippen LogP contribution < -0.4 is 31.6 Å². The summed E-state index contributed by atoms with van der Waals surface area (Å²) in [6, 6.07) is 5.13. The van der Waals surface area contributed by atoms with Crippen molar-refractivity contribution >= 4 is 72.1 Å². The van der Waals surface area contributed by atoms with Gasteiger partial charge in [0.1, 0.15) is 5.69 Å². The summed E-state index contributed by atoms with van der Waals surface area (Å²) >= 11 is 2.98. The van der Waals surface area contributed by atoms with Crippen LogP contribution in [0.25, 0.3) is 0 Å². The lowest BCUT2D eigenvalue weighted by atomic mass is 10.4. The average Bonchev–Trinajstić information content (AvgIpc) is 3.33. The first-order valence-electron chi connectivity index (χ1n) is 11.1. The van der Waals surface area contributed by atoms with Crippen LogP contribution in [-0.2, 0) is 35.4 Å². The number of thiazole rings is 1. The number of carbonyl (C=O) groups excluding carboxylic acids is 1. The number of nitrogens with zero attached hydrogens (tertiary/aromatic N) is 3. The van der Waals surface area contributed by atoms with Gasteiger partial charge in [0.15, 0.2) is 0 Å². The van der Waals surface area contributed by atoms with Crippen molar-refractivity contribution in [1.82, 2.24) is 19.3 Å². The fourth-order valence-electron chi connectivity index (χ4n) is 2.47. The van der Waals surface area contributed by atoms with Gasteiger partial charge >= 0.3 is 11.9 Å². The molecular weight excluding hydrogens is 621 g/mol. The molecule has 0 bridgehead atoms. The van der Waals surface area contributed by atoms with Crippen LogP contribution in [0.15, 0.2) is 56.6 Å². The van der Waals surface area contributed by atoms with Crippen molar-refractivity contribution in [2.75, 3.05) is 33.4 Å². The van der Waals surface area contributed by atoms with E-state index in [1.807, 2.05) is 5.38 Å². The highest BCUT2D eigenvalue weighted by atomic mass is 32.2. The van der Waals surface area contributed by atoms with E-state index in [0.29, 0.717) is 35.3 Å². The van der Waals surface area contributed by atoms with E-state index in [0.717, 1.165) is 16.1 Å². The van der Waals surface area contributed by atoms with Crippen LogP contribution in [-0.4, -0.2) is 88.5 Å². The lowest BCUT2D eigenvalue weighted by Crippen LogP contribution is -2.72. The van der Waals surface area contributed by atoms with Gasteiger partial charge in [-0.2, -0.15) is 11.8 Å². The minimum Gasteiger partial charge on any atom is -0.545 e. The Morgan fingerprint density at radius 1 is 1.22 bits per heavy atom. The van der Waals surface area contributed by atoms with Crippen LogP contribution >= 0.6 is 23.1 Å². The summed E-state index contributed by atoms with van der Waals surface area (Å²) in [4.78, 5) is 29.7. The SMILES string of the molecule is CN=C(NCCSCc1csc([NH+]=C(N)N)n1)NS(=O)(=O)c1cccc(S(=O)(=O)N(C)C)c1.O=C([O-])/C=C/C(=O)O. The van der Waals surface area contributed by atoms with Crippen molar-refractivity contribution in [1.29, 1.82) is 0 Å². The van der Waals surface area contributed by atoms with E-state index in [-0.39, 0.29) is 21.7 Å². The van der Waals surface area contributed by atoms with Crippen molar-refractivity contribution in [3.63, 3.8) is 0 Å². The van der Waals surface area contributed by atoms with Crippen LogP contribution in [0, 0.1) is 0 Å². The molecule has 0 aliphatic rings. The second kappa shape index (κ2) is 16.5. The van der Waals surface area contributed by atoms with E-state index in [9.17, 15) is 31.5 Å². The Kier molecular flexibility index (Phi) is 14.2. The molecule has 0 atom stereocenters. The number of carbonyl (C=O) groups is 2. The molecule has 1 aromatic carbocycles. The first-order valence-corrected chi connectivity index (χ1v) is 16.1. The number of thioether (sulfide) groups is 1. The molecule has 0 amide bonds. The first kappa shape index (κ1) is 35.3. The highest BCUT2D eigenvalue weighted by molar-refractivity contribution is 7.98. The fraction of sp³-hybridized carbons (Fsp3) is 0.286. The van der Waals surface area contributed by atoms with Crippen molar-refractivity contribution < 1.29 is 41.6 Å². The van der Waals surface area contributed by atoms with Gasteiger partial charge in [-0.3, -0.25) is 4.99 Å². The van der Waals surface area contributed by atoms with Crippen molar-refractivity contribution in [2.45, 2.75) is 15.5 Å². The molecule has 226 valence electrons. The zero-order chi connectivity index (χ0) is 31.2. The number of sulfonamides is 2. The maximum absolute atomic E-state index is 12.7. The standard InChI is InChI=1S/C17H26N8O4S4.C4H4O4/c1-20-16(21-7-8-30-10-12-11-31-17(22-12)23-15(18)19)24-32(26,27)13-5-4-6-14(9-13)33(28,29)25(2)3;5-3(6)1-2-4(7)8/h4-6,9,11H,7-8,10H2,1-3H3,(H2,20,21,24)(H4,18,19,22,23);1-2H,(H,5,6)(H,7,8)/b;2-1+. The number of carboxylic acids is 2. The molecule has 0 aliphatic carbocycles. The number of hydrogen-bond donors (Lipinski definition) is 6. The molecule has 0 radical (unpaired) electrons. The molecule has 0 unspecified atom stereocenters. The smallest absolute Gasteiger partial charge is 0.328 e. The third kappa shape index (κ3) is 13.0. The molecule has 41 heavy (non-hydrogen) atoms. The van der Waals surface area contributed by atoms with Crippen LogP contribution in [0.4, 0.5) is 5.13 Å². The van der Waals surface area contributed by atoms with Crippen LogP contribution in [0.1, 0.15) is 5.69 Å². The van der Waals surface area contributed by atoms with Gasteiger partial charge in [0.25, 0.3) is 15.2 Å². The van der Waals surface area contributed by atoms with Crippen LogP contribution in [0.5, 0.6) is 0 Å². The summed E-state index contributed by atoms with van der Waals surface area (Å²) in [5, 5.41) is 22.7. The zero-order valence-electron chi connectivity index (χ0n) is 22.1. The Balaban J connectivity index is 0.000000915. The molecule has 8 N–H and O–H groups in total. The third-order valence-corrected chi connectivity index (χ3v) is 9.25. The number of benzene rings is 1. The molecule has 0 fully saturated rings. The Morgan fingerprint density at radius 2 is 1.88 bits per heavy atom. The Morgan fingerprint density at radius 3 is 2.41 bits per heavy atom. The maximum atomic E-state index is 12.7. The first-order chi connectivity index (χ1) is 19.1. The van der Waals surface area contributed by atoms with E-state index in [4.69, 9.17) is 16.6 Å². The normalized spacial score (nSPS) is 12.0. The lowest BCUT2D eigenvalue weighted by molar-refractivity contribution is -0.355. The van der Waals surface area contributed by atoms with E-state index >= 15 is 0 Å². The molecule has 20 heteroatoms. The summed E-state index contributed by atoms with van der Waals surface area (Å²) in [6.07, 6.45) is 0.942. The predicted molar refractivity (Wildman–Crippen MR) is 153 cm³/mol. The molecule has 0 saturated carbocycles. The highest BCUT2D eigenvalue weighted by Gasteiger charge is 2.22. The Bertz CT molecular complexity index is 1480. The van der Waals surface area contributed by atoms with Gasteiger partial charge in [0.2, 0.25) is 16.0 Å². The lowest BCUT2D eigenvalue weighted by Gasteiger charge is -2.14. The van der Waals surface area contributed by atoms with Gasteiger partial charge in [-0.05, 0) is 24.3 Å². The number of aliphatic imine (C=N–C) groups is 1. The Labute approximate surface area is 245 Å². The summed E-state index contributed by atoms with van der Waals surface area (Å²) in [5.74, 6) is -1.37. The number of aromatic nitrogens is 1. The summed E-state index contributed by atoms with van der Waals surface area (Å²) < 4.78 is 53.4. The molecule has 0 aliphatic heterocycles. The average molecular weight is 651 g/mol. The molecule has 2 rings (SSSR count). The topological polar surface area (TPSA) is 264 Å². The van der Waals surface area contributed by atoms with E-state index in [1.165, 1.54) is 50.7 Å². The summed E-state index contributed by atoms with van der Waals surface area (Å²) in [6.45, 7) is 0.438. The van der Waals surface area contributed by atoms with E-state index in [2.05, 4.69) is 25.0 Å². The second-order valence-corrected chi connectivity index (χ2v) is 13.4. The summed E-state index contributed by atoms with van der Waals surface area (Å²) in [7, 11) is -3.63. The molecule has 1 heterocycles. The van der Waals surface area contributed by atoms with Crippen molar-refractivity contribution in [3.05, 3.63) is 47.5 Å². The number of aliphatic carboxylic acids is 2. The molecule has 2 aromatic rings. The maximum Gasteiger partial charge on any atom is 0.328 e. The molecule has 1 aromatic heterocycles. The fourth-order valence-corrected chi connectivity index (χ4v) is 6.15. The second-order valence-electron chi connectivity index (χ2n) is 7.63. The molecular formula is C21H30N8O8S4. The number of nitrogens with two attached hydrogens (primary N) is 2. The van der Waals surface area contributed by atoms with Gasteiger partial charge < -0.3 is 31.8 Å². The summed E-state index contributed by atoms with van der Waals surface area (Å²) in [5.41, 5.74) is 11.6. The minimum atomic E-state index is -4.04. The van der Waals surface area contributed by atoms with Crippen LogP contribution in [0.2, 0.25) is 0 Å². The zero-order valence-corrected chi connectivity index (χ0v) is 25.4. The number of rotatable bonds is 12. The van der Waals surface area contributed by atoms with Gasteiger partial charge in [-0.25, -0.2) is 35.6 Å². The minimum absolute atomic E-state index is 0.0468. The quantitative estimate of drug-likeness (QED) is 0.0565. The van der Waals surface area contributed by atoms with Crippen molar-refractivity contribution in [2.24, 2.45) is 16.5 Å². The van der Waals surface area contributed by atoms with E-state index in [1.54, 1.807) is 11.8 Å². The van der Waals surface area contributed by atoms with E-state index < -0.39 is 32.0 Å². The van der Waals surface area contributed by atoms with Gasteiger partial charge in [-0.15, -0.1) is 4.98 Å². The third-order valence-electron chi connectivity index (χ3n) is 4.30. The Hall–Kier alpha value is -3.72. The molecule has 16 nitrogen and oxygen atoms in total. The highest BCUT2D eigenvalue weighted by Crippen LogP contribution is 2.18. The van der Waals surface area contributed by atoms with Gasteiger partial charge in [0.05, 0.1) is 15.8 Å². The monoisotopic (exact) mass is 650 g/mol. The number of nitrogens with one attached hydrogen (secondary N) is 3. The van der Waals surface area contributed by atoms with Gasteiger partial charge in [-0.1, -0.05) is 17.4 Å². The predicted octanol–water partition coefficient (Wildman–Crippen LogP) is -3.46. The number of guanidine groups is 2. The number of carboxylic acid groups (broad SMARTS) is 2. The van der Waals surface area contributed by atoms with Crippen LogP contribution in [0.3, 0.4) is 0 Å². The molecule has 0 saturated heterocycles.